The molecule has 21 heavy (non-hydrogen) atoms. The molecule has 4 N–H and O–H groups in total. The Morgan fingerprint density at radius 2 is 2.05 bits per heavy atom. The summed E-state index contributed by atoms with van der Waals surface area (Å²) in [6, 6.07) is 5.49. The van der Waals surface area contributed by atoms with Crippen molar-refractivity contribution in [3.05, 3.63) is 44.5 Å². The van der Waals surface area contributed by atoms with Crippen LogP contribution in [0.15, 0.2) is 42.7 Å². The highest BCUT2D eigenvalue weighted by Crippen LogP contribution is 2.32. The molecule has 0 spiro atoms. The lowest BCUT2D eigenvalue weighted by Crippen LogP contribution is -2.33. The minimum absolute atomic E-state index is 0.0584. The van der Waals surface area contributed by atoms with Crippen LogP contribution < -0.4 is 16.9 Å². The highest BCUT2D eigenvalue weighted by molar-refractivity contribution is 7.99. The molecule has 1 aromatic heterocycles. The highest BCUT2D eigenvalue weighted by atomic mass is 32.2. The summed E-state index contributed by atoms with van der Waals surface area (Å²) in [7, 11) is 1.59. The molecule has 0 saturated heterocycles. The van der Waals surface area contributed by atoms with Crippen LogP contribution in [0.25, 0.3) is 0 Å². The number of aromatic amines is 1. The highest BCUT2D eigenvalue weighted by Gasteiger charge is 2.14. The number of rotatable bonds is 4. The third-order valence-electron chi connectivity index (χ3n) is 2.63. The second-order valence-electron chi connectivity index (χ2n) is 4.05. The number of hydrogen-bond donors (Lipinski definition) is 3. The van der Waals surface area contributed by atoms with Crippen molar-refractivity contribution in [3.63, 3.8) is 0 Å². The van der Waals surface area contributed by atoms with Crippen molar-refractivity contribution in [1.82, 2.24) is 14.8 Å². The number of amidine groups is 1. The van der Waals surface area contributed by atoms with Crippen molar-refractivity contribution in [1.29, 1.82) is 5.41 Å². The molecule has 0 bridgehead atoms. The van der Waals surface area contributed by atoms with Gasteiger partial charge >= 0.3 is 11.1 Å². The number of hydrogen-bond acceptors (Lipinski definition) is 6. The van der Waals surface area contributed by atoms with Gasteiger partial charge in [-0.3, -0.25) is 24.8 Å². The molecule has 1 aromatic carbocycles. The van der Waals surface area contributed by atoms with Gasteiger partial charge in [-0.25, -0.2) is 0 Å². The Bertz CT molecular complexity index is 812. The SMILES string of the molecule is CSc1cccc(Sc2nc(=O)c(=O)[nH]n2C)c1C(=N)N. The van der Waals surface area contributed by atoms with E-state index in [1.165, 1.54) is 28.2 Å². The summed E-state index contributed by atoms with van der Waals surface area (Å²) in [5, 5.41) is 10.4. The number of nitrogens with zero attached hydrogens (tertiary/aromatic N) is 2. The van der Waals surface area contributed by atoms with Crippen molar-refractivity contribution < 1.29 is 0 Å². The molecule has 0 radical (unpaired) electrons. The second-order valence-corrected chi connectivity index (χ2v) is 5.91. The standard InChI is InChI=1S/C12H13N5O2S2/c1-17-12(15-10(18)11(19)16-17)21-7-5-3-4-6(20-2)8(7)9(13)14/h3-5H,1-2H3,(H3,13,14)(H,16,19). The van der Waals surface area contributed by atoms with Crippen LogP contribution in [0.1, 0.15) is 5.56 Å². The van der Waals surface area contributed by atoms with Gasteiger partial charge in [0.2, 0.25) is 0 Å². The van der Waals surface area contributed by atoms with Gasteiger partial charge < -0.3 is 5.73 Å². The lowest BCUT2D eigenvalue weighted by molar-refractivity contribution is 0.596. The fourth-order valence-electron chi connectivity index (χ4n) is 1.68. The molecular weight excluding hydrogens is 310 g/mol. The van der Waals surface area contributed by atoms with Crippen molar-refractivity contribution in [2.45, 2.75) is 14.9 Å². The molecule has 2 aromatic rings. The van der Waals surface area contributed by atoms with Gasteiger partial charge in [0.05, 0.1) is 0 Å². The summed E-state index contributed by atoms with van der Waals surface area (Å²) in [5.74, 6) is -0.0584. The van der Waals surface area contributed by atoms with E-state index in [9.17, 15) is 9.59 Å². The summed E-state index contributed by atoms with van der Waals surface area (Å²) < 4.78 is 1.37. The van der Waals surface area contributed by atoms with Crippen LogP contribution in [0.5, 0.6) is 0 Å². The first-order chi connectivity index (χ1) is 9.93. The zero-order valence-corrected chi connectivity index (χ0v) is 13.0. The van der Waals surface area contributed by atoms with Crippen molar-refractivity contribution in [3.8, 4) is 0 Å². The van der Waals surface area contributed by atoms with E-state index >= 15 is 0 Å². The molecule has 9 heteroatoms. The fraction of sp³-hybridized carbons (Fsp3) is 0.167. The topological polar surface area (TPSA) is 118 Å². The predicted octanol–water partition coefficient (Wildman–Crippen LogP) is 0.626. The van der Waals surface area contributed by atoms with Crippen LogP contribution >= 0.6 is 23.5 Å². The smallest absolute Gasteiger partial charge is 0.339 e. The minimum atomic E-state index is -0.846. The van der Waals surface area contributed by atoms with E-state index in [1.807, 2.05) is 18.4 Å². The van der Waals surface area contributed by atoms with Crippen LogP contribution in [-0.4, -0.2) is 26.9 Å². The van der Waals surface area contributed by atoms with E-state index in [1.54, 1.807) is 13.1 Å². The molecular formula is C12H13N5O2S2. The van der Waals surface area contributed by atoms with Gasteiger partial charge in [0.15, 0.2) is 5.16 Å². The first kappa shape index (κ1) is 15.4. The summed E-state index contributed by atoms with van der Waals surface area (Å²) in [4.78, 5) is 27.9. The van der Waals surface area contributed by atoms with E-state index in [-0.39, 0.29) is 5.84 Å². The number of nitrogen functional groups attached to an aromatic ring is 1. The Kier molecular flexibility index (Phi) is 4.53. The van der Waals surface area contributed by atoms with E-state index in [4.69, 9.17) is 11.1 Å². The summed E-state index contributed by atoms with van der Waals surface area (Å²) in [5.41, 5.74) is 4.62. The molecule has 0 atom stereocenters. The maximum absolute atomic E-state index is 11.4. The number of H-pyrrole nitrogens is 1. The Hall–Kier alpha value is -2.00. The zero-order valence-electron chi connectivity index (χ0n) is 11.3. The van der Waals surface area contributed by atoms with Gasteiger partial charge in [-0.05, 0) is 30.2 Å². The predicted molar refractivity (Wildman–Crippen MR) is 83.5 cm³/mol. The number of nitrogens with one attached hydrogen (secondary N) is 2. The average molecular weight is 323 g/mol. The van der Waals surface area contributed by atoms with Gasteiger partial charge in [-0.1, -0.05) is 6.07 Å². The van der Waals surface area contributed by atoms with Crippen molar-refractivity contribution in [2.75, 3.05) is 6.26 Å². The molecule has 0 aliphatic heterocycles. The van der Waals surface area contributed by atoms with Gasteiger partial charge in [0, 0.05) is 22.4 Å². The Labute approximate surface area is 128 Å². The Morgan fingerprint density at radius 1 is 1.38 bits per heavy atom. The molecule has 0 aliphatic rings. The van der Waals surface area contributed by atoms with Crippen LogP contribution in [0.3, 0.4) is 0 Å². The van der Waals surface area contributed by atoms with E-state index in [2.05, 4.69) is 10.1 Å². The monoisotopic (exact) mass is 323 g/mol. The van der Waals surface area contributed by atoms with Gasteiger partial charge in [-0.15, -0.1) is 11.8 Å². The number of benzene rings is 1. The molecule has 0 saturated carbocycles. The van der Waals surface area contributed by atoms with Gasteiger partial charge in [-0.2, -0.15) is 4.98 Å². The van der Waals surface area contributed by atoms with E-state index < -0.39 is 11.1 Å². The molecule has 1 heterocycles. The summed E-state index contributed by atoms with van der Waals surface area (Å²) in [6.07, 6.45) is 1.89. The minimum Gasteiger partial charge on any atom is -0.384 e. The van der Waals surface area contributed by atoms with Crippen LogP contribution in [0.4, 0.5) is 0 Å². The van der Waals surface area contributed by atoms with Crippen LogP contribution in [0, 0.1) is 5.41 Å². The largest absolute Gasteiger partial charge is 0.384 e. The van der Waals surface area contributed by atoms with Crippen LogP contribution in [0.2, 0.25) is 0 Å². The maximum Gasteiger partial charge on any atom is 0.339 e. The Morgan fingerprint density at radius 3 is 2.67 bits per heavy atom. The molecule has 7 nitrogen and oxygen atoms in total. The third-order valence-corrected chi connectivity index (χ3v) is 4.51. The maximum atomic E-state index is 11.4. The van der Waals surface area contributed by atoms with E-state index in [0.717, 1.165) is 4.90 Å². The van der Waals surface area contributed by atoms with Gasteiger partial charge in [0.1, 0.15) is 5.84 Å². The molecule has 0 unspecified atom stereocenters. The van der Waals surface area contributed by atoms with E-state index in [0.29, 0.717) is 15.6 Å². The quantitative estimate of drug-likeness (QED) is 0.329. The molecule has 0 aliphatic carbocycles. The fourth-order valence-corrected chi connectivity index (χ4v) is 3.36. The van der Waals surface area contributed by atoms with Gasteiger partial charge in [0.25, 0.3) is 0 Å². The summed E-state index contributed by atoms with van der Waals surface area (Å²) >= 11 is 2.65. The number of aromatic nitrogens is 3. The number of thioether (sulfide) groups is 1. The molecule has 0 fully saturated rings. The Balaban J connectivity index is 2.55. The van der Waals surface area contributed by atoms with Crippen molar-refractivity contribution >= 4 is 29.4 Å². The molecule has 0 amide bonds. The van der Waals surface area contributed by atoms with Crippen molar-refractivity contribution in [2.24, 2.45) is 12.8 Å². The summed E-state index contributed by atoms with van der Waals surface area (Å²) in [6.45, 7) is 0. The average Bonchev–Trinajstić information content (AvgIpc) is 2.44. The first-order valence-electron chi connectivity index (χ1n) is 5.80. The van der Waals surface area contributed by atoms with Crippen LogP contribution in [-0.2, 0) is 7.05 Å². The zero-order chi connectivity index (χ0) is 15.6. The first-order valence-corrected chi connectivity index (χ1v) is 7.84. The molecule has 2 rings (SSSR count). The number of aryl methyl sites for hydroxylation is 1. The second kappa shape index (κ2) is 6.19. The lowest BCUT2D eigenvalue weighted by atomic mass is 10.2. The lowest BCUT2D eigenvalue weighted by Gasteiger charge is -2.12. The molecule has 110 valence electrons. The third kappa shape index (κ3) is 3.19. The number of nitrogens with two attached hydrogens (primary N) is 1. The normalized spacial score (nSPS) is 10.6.